The molecule has 0 bridgehead atoms. The van der Waals surface area contributed by atoms with Crippen molar-refractivity contribution in [1.82, 2.24) is 9.59 Å². The average molecular weight is 353 g/mol. The van der Waals surface area contributed by atoms with Crippen LogP contribution >= 0.6 is 11.5 Å². The highest BCUT2D eigenvalue weighted by atomic mass is 32.2. The summed E-state index contributed by atoms with van der Waals surface area (Å²) >= 11 is 1.16. The Hall–Kier alpha value is -2.04. The second-order valence-electron chi connectivity index (χ2n) is 4.79. The Balaban J connectivity index is 1.92. The van der Waals surface area contributed by atoms with Gasteiger partial charge in [0.2, 0.25) is 0 Å². The maximum atomic E-state index is 12.3. The largest absolute Gasteiger partial charge is 0.381 e. The summed E-state index contributed by atoms with van der Waals surface area (Å²) < 4.78 is 37.4. The lowest BCUT2D eigenvalue weighted by molar-refractivity contribution is 0.123. The van der Waals surface area contributed by atoms with Crippen molar-refractivity contribution in [2.24, 2.45) is 10.1 Å². The van der Waals surface area contributed by atoms with Gasteiger partial charge in [-0.1, -0.05) is 22.7 Å². The molecule has 0 amide bonds. The molecule has 1 aromatic carbocycles. The van der Waals surface area contributed by atoms with E-state index < -0.39 is 10.0 Å². The molecule has 1 fully saturated rings. The predicted octanol–water partition coefficient (Wildman–Crippen LogP) is 0.469. The quantitative estimate of drug-likeness (QED) is 0.628. The summed E-state index contributed by atoms with van der Waals surface area (Å²) in [5, 5.41) is 4.64. The van der Waals surface area contributed by atoms with Crippen LogP contribution in [0.2, 0.25) is 0 Å². The molecule has 0 aliphatic carbocycles. The molecule has 0 radical (unpaired) electrons. The maximum absolute atomic E-state index is 12.3. The lowest BCUT2D eigenvalue weighted by Gasteiger charge is -2.27. The molecule has 8 nitrogen and oxygen atoms in total. The highest BCUT2D eigenvalue weighted by Gasteiger charge is 2.22. The molecular weight excluding hydrogens is 338 g/mol. The molecular formula is C13H15N5O3S2. The van der Waals surface area contributed by atoms with Crippen molar-refractivity contribution >= 4 is 32.4 Å². The molecule has 1 aliphatic heterocycles. The zero-order valence-corrected chi connectivity index (χ0v) is 13.8. The van der Waals surface area contributed by atoms with Crippen molar-refractivity contribution in [1.29, 1.82) is 0 Å². The molecule has 23 heavy (non-hydrogen) atoms. The third-order valence-corrected chi connectivity index (χ3v) is 5.36. The Morgan fingerprint density at radius 3 is 2.65 bits per heavy atom. The minimum Gasteiger partial charge on any atom is -0.381 e. The minimum absolute atomic E-state index is 0.0825. The number of amidine groups is 1. The van der Waals surface area contributed by atoms with Gasteiger partial charge in [0.15, 0.2) is 11.5 Å². The second kappa shape index (κ2) is 6.60. The van der Waals surface area contributed by atoms with Gasteiger partial charge < -0.3 is 15.4 Å². The van der Waals surface area contributed by atoms with Crippen LogP contribution in [0.3, 0.4) is 0 Å². The van der Waals surface area contributed by atoms with Gasteiger partial charge >= 0.3 is 0 Å². The summed E-state index contributed by atoms with van der Waals surface area (Å²) in [6.45, 7) is 2.54. The third kappa shape index (κ3) is 3.49. The monoisotopic (exact) mass is 353 g/mol. The number of ether oxygens (including phenoxy) is 1. The van der Waals surface area contributed by atoms with Crippen LogP contribution in [0.4, 0.5) is 5.00 Å². The second-order valence-corrected chi connectivity index (χ2v) is 7.13. The number of aromatic nitrogens is 2. The highest BCUT2D eigenvalue weighted by Crippen LogP contribution is 2.24. The van der Waals surface area contributed by atoms with E-state index >= 15 is 0 Å². The Bertz CT molecular complexity index is 798. The fourth-order valence-electron chi connectivity index (χ4n) is 2.14. The SMILES string of the molecule is N/C(=N/S(=O)(=O)c1ccccc1)c1nnsc1N1CCOCC1. The summed E-state index contributed by atoms with van der Waals surface area (Å²) in [7, 11) is -3.88. The van der Waals surface area contributed by atoms with E-state index in [4.69, 9.17) is 10.5 Å². The van der Waals surface area contributed by atoms with E-state index in [2.05, 4.69) is 14.0 Å². The molecule has 0 atom stereocenters. The first-order chi connectivity index (χ1) is 11.1. The van der Waals surface area contributed by atoms with Gasteiger partial charge in [-0.15, -0.1) is 9.50 Å². The topological polar surface area (TPSA) is 111 Å². The van der Waals surface area contributed by atoms with Crippen molar-refractivity contribution in [3.63, 3.8) is 0 Å². The summed E-state index contributed by atoms with van der Waals surface area (Å²) in [5.74, 6) is -0.163. The first-order valence-electron chi connectivity index (χ1n) is 6.89. The summed E-state index contributed by atoms with van der Waals surface area (Å²) in [4.78, 5) is 2.10. The third-order valence-electron chi connectivity index (χ3n) is 3.27. The molecule has 10 heteroatoms. The van der Waals surface area contributed by atoms with Crippen LogP contribution in [0.1, 0.15) is 5.69 Å². The van der Waals surface area contributed by atoms with Gasteiger partial charge in [0.1, 0.15) is 5.00 Å². The van der Waals surface area contributed by atoms with Gasteiger partial charge in [-0.3, -0.25) is 0 Å². The molecule has 2 heterocycles. The standard InChI is InChI=1S/C13H15N5O3S2/c14-12(16-23(19,20)10-4-2-1-3-5-10)11-13(22-17-15-11)18-6-8-21-9-7-18/h1-5H,6-9H2,(H2,14,16). The Morgan fingerprint density at radius 2 is 1.96 bits per heavy atom. The number of benzene rings is 1. The van der Waals surface area contributed by atoms with Crippen LogP contribution in [0, 0.1) is 0 Å². The van der Waals surface area contributed by atoms with Gasteiger partial charge in [0.25, 0.3) is 10.0 Å². The normalized spacial score (nSPS) is 16.5. The smallest absolute Gasteiger partial charge is 0.284 e. The molecule has 0 saturated carbocycles. The van der Waals surface area contributed by atoms with Crippen molar-refractivity contribution < 1.29 is 13.2 Å². The van der Waals surface area contributed by atoms with Crippen LogP contribution in [0.25, 0.3) is 0 Å². The number of nitrogens with zero attached hydrogens (tertiary/aromatic N) is 4. The molecule has 1 aromatic heterocycles. The van der Waals surface area contributed by atoms with E-state index in [9.17, 15) is 8.42 Å². The molecule has 0 spiro atoms. The Labute approximate surface area is 137 Å². The summed E-state index contributed by atoms with van der Waals surface area (Å²) in [6, 6.07) is 7.92. The lowest BCUT2D eigenvalue weighted by atomic mass is 10.3. The van der Waals surface area contributed by atoms with Gasteiger partial charge in [-0.05, 0) is 12.1 Å². The van der Waals surface area contributed by atoms with E-state index in [0.717, 1.165) is 11.5 Å². The van der Waals surface area contributed by atoms with E-state index in [1.54, 1.807) is 18.2 Å². The van der Waals surface area contributed by atoms with E-state index in [1.807, 2.05) is 4.90 Å². The van der Waals surface area contributed by atoms with Crippen LogP contribution < -0.4 is 10.6 Å². The number of hydrogen-bond donors (Lipinski definition) is 1. The molecule has 1 saturated heterocycles. The summed E-state index contributed by atoms with van der Waals surface area (Å²) in [6.07, 6.45) is 0. The fraction of sp³-hybridized carbons (Fsp3) is 0.308. The van der Waals surface area contributed by atoms with Crippen LogP contribution in [0.5, 0.6) is 0 Å². The Morgan fingerprint density at radius 1 is 1.26 bits per heavy atom. The molecule has 122 valence electrons. The number of hydrogen-bond acceptors (Lipinski definition) is 7. The van der Waals surface area contributed by atoms with Crippen LogP contribution in [-0.2, 0) is 14.8 Å². The average Bonchev–Trinajstić information content (AvgIpc) is 3.06. The van der Waals surface area contributed by atoms with Crippen LogP contribution in [-0.4, -0.2) is 50.1 Å². The van der Waals surface area contributed by atoms with Gasteiger partial charge in [-0.2, -0.15) is 8.42 Å². The van der Waals surface area contributed by atoms with E-state index in [1.165, 1.54) is 12.1 Å². The molecule has 3 rings (SSSR count). The zero-order valence-electron chi connectivity index (χ0n) is 12.1. The van der Waals surface area contributed by atoms with Gasteiger partial charge in [-0.25, -0.2) is 0 Å². The van der Waals surface area contributed by atoms with Gasteiger partial charge in [0, 0.05) is 24.6 Å². The number of rotatable bonds is 4. The Kier molecular flexibility index (Phi) is 4.55. The van der Waals surface area contributed by atoms with Crippen LogP contribution in [0.15, 0.2) is 39.6 Å². The van der Waals surface area contributed by atoms with Crippen molar-refractivity contribution in [2.75, 3.05) is 31.2 Å². The van der Waals surface area contributed by atoms with Crippen molar-refractivity contribution in [3.05, 3.63) is 36.0 Å². The minimum atomic E-state index is -3.88. The number of nitrogens with two attached hydrogens (primary N) is 1. The highest BCUT2D eigenvalue weighted by molar-refractivity contribution is 7.90. The first-order valence-corrected chi connectivity index (χ1v) is 9.10. The number of morpholine rings is 1. The van der Waals surface area contributed by atoms with E-state index in [-0.39, 0.29) is 16.4 Å². The van der Waals surface area contributed by atoms with Crippen molar-refractivity contribution in [3.8, 4) is 0 Å². The molecule has 1 aliphatic rings. The molecule has 2 N–H and O–H groups in total. The fourth-order valence-corrected chi connectivity index (χ4v) is 3.82. The molecule has 2 aromatic rings. The first kappa shape index (κ1) is 15.8. The molecule has 0 unspecified atom stereocenters. The number of anilines is 1. The summed E-state index contributed by atoms with van der Waals surface area (Å²) in [5.41, 5.74) is 6.18. The van der Waals surface area contributed by atoms with E-state index in [0.29, 0.717) is 31.3 Å². The zero-order chi connectivity index (χ0) is 16.3. The predicted molar refractivity (Wildman–Crippen MR) is 87.3 cm³/mol. The number of sulfonamides is 1. The lowest BCUT2D eigenvalue weighted by Crippen LogP contribution is -2.37. The van der Waals surface area contributed by atoms with Crippen molar-refractivity contribution in [2.45, 2.75) is 4.90 Å². The maximum Gasteiger partial charge on any atom is 0.284 e. The van der Waals surface area contributed by atoms with Gasteiger partial charge in [0.05, 0.1) is 18.1 Å².